The van der Waals surface area contributed by atoms with Crippen LogP contribution in [0.2, 0.25) is 0 Å². The summed E-state index contributed by atoms with van der Waals surface area (Å²) in [5.74, 6) is 0.327. The number of aliphatic carboxylic acids is 1. The second kappa shape index (κ2) is 5.21. The average molecular weight is 261 g/mol. The predicted molar refractivity (Wildman–Crippen MR) is 71.6 cm³/mol. The van der Waals surface area contributed by atoms with Crippen molar-refractivity contribution in [3.8, 4) is 5.75 Å². The number of nitrogens with zero attached hydrogens (tertiary/aromatic N) is 1. The number of hydrogen-bond donors (Lipinski definition) is 1. The molecule has 19 heavy (non-hydrogen) atoms. The molecule has 1 aromatic carbocycles. The van der Waals surface area contributed by atoms with Gasteiger partial charge in [0.1, 0.15) is 11.8 Å². The van der Waals surface area contributed by atoms with E-state index in [9.17, 15) is 4.79 Å². The van der Waals surface area contributed by atoms with Gasteiger partial charge in [0.05, 0.1) is 6.61 Å². The summed E-state index contributed by atoms with van der Waals surface area (Å²) in [7, 11) is 0. The van der Waals surface area contributed by atoms with Crippen LogP contribution in [-0.4, -0.2) is 41.7 Å². The summed E-state index contributed by atoms with van der Waals surface area (Å²) in [4.78, 5) is 13.2. The number of likely N-dealkylation sites (tertiary alicyclic amines) is 1. The van der Waals surface area contributed by atoms with Crippen LogP contribution in [0.5, 0.6) is 5.75 Å². The van der Waals surface area contributed by atoms with Gasteiger partial charge in [0, 0.05) is 13.0 Å². The fourth-order valence-corrected chi connectivity index (χ4v) is 3.04. The number of hydrogen-bond acceptors (Lipinski definition) is 3. The van der Waals surface area contributed by atoms with Gasteiger partial charge in [-0.2, -0.15) is 0 Å². The molecule has 0 radical (unpaired) electrons. The molecular weight excluding hydrogens is 242 g/mol. The average Bonchev–Trinajstić information content (AvgIpc) is 3.04. The molecular formula is C15H19NO3. The molecule has 3 rings (SSSR count). The molecule has 1 atom stereocenters. The van der Waals surface area contributed by atoms with E-state index in [-0.39, 0.29) is 6.04 Å². The Labute approximate surface area is 113 Å². The van der Waals surface area contributed by atoms with Crippen molar-refractivity contribution in [2.24, 2.45) is 0 Å². The van der Waals surface area contributed by atoms with E-state index >= 15 is 0 Å². The van der Waals surface area contributed by atoms with E-state index in [1.54, 1.807) is 0 Å². The van der Waals surface area contributed by atoms with Crippen LogP contribution in [0.15, 0.2) is 18.2 Å². The fourth-order valence-electron chi connectivity index (χ4n) is 3.04. The fraction of sp³-hybridized carbons (Fsp3) is 0.533. The summed E-state index contributed by atoms with van der Waals surface area (Å²) in [6.07, 6.45) is 3.68. The quantitative estimate of drug-likeness (QED) is 0.896. The predicted octanol–water partition coefficient (Wildman–Crippen LogP) is 1.71. The van der Waals surface area contributed by atoms with Crippen molar-refractivity contribution in [2.75, 3.05) is 19.7 Å². The number of fused-ring (bicyclic) bond motifs is 1. The van der Waals surface area contributed by atoms with Crippen molar-refractivity contribution in [1.82, 2.24) is 4.90 Å². The Morgan fingerprint density at radius 1 is 1.47 bits per heavy atom. The number of ether oxygens (including phenoxy) is 1. The van der Waals surface area contributed by atoms with E-state index in [2.05, 4.69) is 17.0 Å². The van der Waals surface area contributed by atoms with E-state index in [0.717, 1.165) is 51.1 Å². The third kappa shape index (κ3) is 2.59. The molecule has 0 aliphatic carbocycles. The van der Waals surface area contributed by atoms with Crippen LogP contribution < -0.4 is 4.74 Å². The maximum absolute atomic E-state index is 11.1. The van der Waals surface area contributed by atoms with Gasteiger partial charge in [-0.05, 0) is 43.0 Å². The lowest BCUT2D eigenvalue weighted by atomic mass is 10.1. The van der Waals surface area contributed by atoms with Gasteiger partial charge in [0.15, 0.2) is 0 Å². The van der Waals surface area contributed by atoms with Crippen LogP contribution >= 0.6 is 0 Å². The van der Waals surface area contributed by atoms with E-state index in [1.807, 2.05) is 6.07 Å². The topological polar surface area (TPSA) is 49.8 Å². The molecule has 0 amide bonds. The monoisotopic (exact) mass is 261 g/mol. The number of carboxylic acid groups (broad SMARTS) is 1. The highest BCUT2D eigenvalue weighted by Gasteiger charge is 2.29. The zero-order valence-electron chi connectivity index (χ0n) is 11.0. The third-order valence-electron chi connectivity index (χ3n) is 4.09. The largest absolute Gasteiger partial charge is 0.493 e. The second-order valence-corrected chi connectivity index (χ2v) is 5.32. The van der Waals surface area contributed by atoms with Crippen molar-refractivity contribution in [3.63, 3.8) is 0 Å². The third-order valence-corrected chi connectivity index (χ3v) is 4.09. The smallest absolute Gasteiger partial charge is 0.320 e. The molecule has 4 heteroatoms. The number of rotatable bonds is 4. The highest BCUT2D eigenvalue weighted by molar-refractivity contribution is 5.73. The number of carboxylic acids is 1. The lowest BCUT2D eigenvalue weighted by Gasteiger charge is -2.20. The molecule has 2 heterocycles. The molecule has 0 spiro atoms. The Kier molecular flexibility index (Phi) is 3.42. The Hall–Kier alpha value is -1.55. The molecule has 1 N–H and O–H groups in total. The highest BCUT2D eigenvalue weighted by atomic mass is 16.5. The molecule has 2 aliphatic rings. The minimum absolute atomic E-state index is 0.280. The van der Waals surface area contributed by atoms with Crippen molar-refractivity contribution >= 4 is 5.97 Å². The Morgan fingerprint density at radius 2 is 2.37 bits per heavy atom. The first kappa shape index (κ1) is 12.5. The molecule has 1 saturated heterocycles. The van der Waals surface area contributed by atoms with Gasteiger partial charge >= 0.3 is 5.97 Å². The normalized spacial score (nSPS) is 22.2. The Balaban J connectivity index is 1.61. The molecule has 1 fully saturated rings. The van der Waals surface area contributed by atoms with E-state index in [4.69, 9.17) is 9.84 Å². The minimum atomic E-state index is -0.681. The van der Waals surface area contributed by atoms with Crippen molar-refractivity contribution < 1.29 is 14.6 Å². The van der Waals surface area contributed by atoms with Gasteiger partial charge in [-0.3, -0.25) is 9.69 Å². The minimum Gasteiger partial charge on any atom is -0.493 e. The summed E-state index contributed by atoms with van der Waals surface area (Å²) < 4.78 is 5.49. The molecule has 0 saturated carbocycles. The van der Waals surface area contributed by atoms with Crippen LogP contribution in [0, 0.1) is 0 Å². The van der Waals surface area contributed by atoms with Gasteiger partial charge in [-0.1, -0.05) is 12.1 Å². The summed E-state index contributed by atoms with van der Waals surface area (Å²) in [5.41, 5.74) is 2.56. The molecule has 102 valence electrons. The molecule has 0 unspecified atom stereocenters. The van der Waals surface area contributed by atoms with Crippen LogP contribution in [0.3, 0.4) is 0 Å². The number of benzene rings is 1. The lowest BCUT2D eigenvalue weighted by Crippen LogP contribution is -2.37. The van der Waals surface area contributed by atoms with E-state index < -0.39 is 5.97 Å². The summed E-state index contributed by atoms with van der Waals surface area (Å²) >= 11 is 0. The molecule has 4 nitrogen and oxygen atoms in total. The van der Waals surface area contributed by atoms with Crippen LogP contribution in [0.4, 0.5) is 0 Å². The number of carbonyl (C=O) groups is 1. The first-order valence-corrected chi connectivity index (χ1v) is 6.95. The highest BCUT2D eigenvalue weighted by Crippen LogP contribution is 2.26. The zero-order valence-corrected chi connectivity index (χ0v) is 11.0. The second-order valence-electron chi connectivity index (χ2n) is 5.32. The zero-order chi connectivity index (χ0) is 13.2. The summed E-state index contributed by atoms with van der Waals surface area (Å²) in [5, 5.41) is 9.15. The summed E-state index contributed by atoms with van der Waals surface area (Å²) in [6.45, 7) is 2.52. The SMILES string of the molecule is O=C(O)[C@H]1CCCN1CCc1ccc2c(c1)CCO2. The first-order chi connectivity index (χ1) is 9.24. The van der Waals surface area contributed by atoms with Crippen molar-refractivity contribution in [2.45, 2.75) is 31.7 Å². The van der Waals surface area contributed by atoms with Gasteiger partial charge in [0.2, 0.25) is 0 Å². The molecule has 0 bridgehead atoms. The molecule has 1 aromatic rings. The van der Waals surface area contributed by atoms with Gasteiger partial charge < -0.3 is 9.84 Å². The van der Waals surface area contributed by atoms with E-state index in [1.165, 1.54) is 11.1 Å². The van der Waals surface area contributed by atoms with Crippen molar-refractivity contribution in [3.05, 3.63) is 29.3 Å². The first-order valence-electron chi connectivity index (χ1n) is 6.95. The van der Waals surface area contributed by atoms with Gasteiger partial charge in [0.25, 0.3) is 0 Å². The standard InChI is InChI=1S/C15H19NO3/c17-15(18)13-2-1-7-16(13)8-5-11-3-4-14-12(10-11)6-9-19-14/h3-4,10,13H,1-2,5-9H2,(H,17,18)/t13-/m1/s1. The lowest BCUT2D eigenvalue weighted by molar-refractivity contribution is -0.142. The van der Waals surface area contributed by atoms with Crippen molar-refractivity contribution in [1.29, 1.82) is 0 Å². The van der Waals surface area contributed by atoms with Crippen LogP contribution in [0.1, 0.15) is 24.0 Å². The van der Waals surface area contributed by atoms with E-state index in [0.29, 0.717) is 0 Å². The maximum atomic E-state index is 11.1. The molecule has 0 aromatic heterocycles. The Bertz CT molecular complexity index is 486. The summed E-state index contributed by atoms with van der Waals surface area (Å²) in [6, 6.07) is 6.05. The Morgan fingerprint density at radius 3 is 3.21 bits per heavy atom. The van der Waals surface area contributed by atoms with Gasteiger partial charge in [-0.15, -0.1) is 0 Å². The van der Waals surface area contributed by atoms with Crippen LogP contribution in [0.25, 0.3) is 0 Å². The molecule has 2 aliphatic heterocycles. The maximum Gasteiger partial charge on any atom is 0.320 e. The van der Waals surface area contributed by atoms with Crippen LogP contribution in [-0.2, 0) is 17.6 Å². The van der Waals surface area contributed by atoms with Gasteiger partial charge in [-0.25, -0.2) is 0 Å².